The molecule has 1 unspecified atom stereocenters. The minimum absolute atomic E-state index is 0.125. The van der Waals surface area contributed by atoms with Crippen LogP contribution >= 0.6 is 31.9 Å². The zero-order valence-electron chi connectivity index (χ0n) is 11.9. The third kappa shape index (κ3) is 4.22. The van der Waals surface area contributed by atoms with E-state index in [9.17, 15) is 5.11 Å². The predicted octanol–water partition coefficient (Wildman–Crippen LogP) is 4.78. The van der Waals surface area contributed by atoms with Gasteiger partial charge in [-0.15, -0.1) is 0 Å². The minimum atomic E-state index is 0.125. The number of hydrogen-bond donors (Lipinski definition) is 2. The largest absolute Gasteiger partial charge is 0.508 e. The topological polar surface area (TPSA) is 41.5 Å². The van der Waals surface area contributed by atoms with Gasteiger partial charge in [0.25, 0.3) is 0 Å². The van der Waals surface area contributed by atoms with Crippen molar-refractivity contribution in [3.05, 3.63) is 56.5 Å². The van der Waals surface area contributed by atoms with E-state index >= 15 is 0 Å². The van der Waals surface area contributed by atoms with Gasteiger partial charge < -0.3 is 15.2 Å². The first-order chi connectivity index (χ1) is 10.0. The fourth-order valence-electron chi connectivity index (χ4n) is 2.15. The number of halogens is 2. The number of methoxy groups -OCH3 is 1. The summed E-state index contributed by atoms with van der Waals surface area (Å²) in [5, 5.41) is 13.0. The fraction of sp³-hybridized carbons (Fsp3) is 0.250. The fourth-order valence-corrected chi connectivity index (χ4v) is 3.62. The minimum Gasteiger partial charge on any atom is -0.508 e. The van der Waals surface area contributed by atoms with Crippen molar-refractivity contribution < 1.29 is 9.84 Å². The lowest BCUT2D eigenvalue weighted by Gasteiger charge is -2.17. The smallest absolute Gasteiger partial charge is 0.137 e. The van der Waals surface area contributed by atoms with Crippen LogP contribution in [0.5, 0.6) is 11.5 Å². The quantitative estimate of drug-likeness (QED) is 0.739. The molecule has 2 N–H and O–H groups in total. The number of benzene rings is 2. The van der Waals surface area contributed by atoms with Crippen LogP contribution in [0.2, 0.25) is 0 Å². The average molecular weight is 415 g/mol. The molecule has 1 atom stereocenters. The molecule has 0 heterocycles. The standard InChI is InChI=1S/C16H17Br2NO2/c1-10(11-4-3-5-14(20)7-11)19-9-12-6-13(17)8-15(18)16(12)21-2/h3-8,10,19-20H,9H2,1-2H3. The number of nitrogens with one attached hydrogen (secondary N) is 1. The Morgan fingerprint density at radius 2 is 2.00 bits per heavy atom. The van der Waals surface area contributed by atoms with Gasteiger partial charge in [-0.05, 0) is 52.7 Å². The van der Waals surface area contributed by atoms with Crippen molar-refractivity contribution in [1.29, 1.82) is 0 Å². The number of ether oxygens (including phenoxy) is 1. The molecular formula is C16H17Br2NO2. The Bertz CT molecular complexity index is 632. The van der Waals surface area contributed by atoms with Crippen LogP contribution in [0.3, 0.4) is 0 Å². The molecule has 0 bridgehead atoms. The molecule has 0 aromatic heterocycles. The summed E-state index contributed by atoms with van der Waals surface area (Å²) in [6, 6.07) is 11.4. The lowest BCUT2D eigenvalue weighted by atomic mass is 10.1. The van der Waals surface area contributed by atoms with E-state index in [-0.39, 0.29) is 11.8 Å². The van der Waals surface area contributed by atoms with Crippen LogP contribution in [-0.2, 0) is 6.54 Å². The molecule has 3 nitrogen and oxygen atoms in total. The number of hydrogen-bond acceptors (Lipinski definition) is 3. The second-order valence-electron chi connectivity index (χ2n) is 4.78. The van der Waals surface area contributed by atoms with Crippen molar-refractivity contribution in [2.24, 2.45) is 0 Å². The maximum atomic E-state index is 9.54. The molecule has 0 aliphatic heterocycles. The average Bonchev–Trinajstić information content (AvgIpc) is 2.44. The highest BCUT2D eigenvalue weighted by molar-refractivity contribution is 9.11. The summed E-state index contributed by atoms with van der Waals surface area (Å²) in [7, 11) is 1.66. The summed E-state index contributed by atoms with van der Waals surface area (Å²) in [6.07, 6.45) is 0. The molecule has 0 saturated heterocycles. The Balaban J connectivity index is 2.13. The summed E-state index contributed by atoms with van der Waals surface area (Å²) in [4.78, 5) is 0. The lowest BCUT2D eigenvalue weighted by Crippen LogP contribution is -2.18. The van der Waals surface area contributed by atoms with Gasteiger partial charge >= 0.3 is 0 Å². The maximum Gasteiger partial charge on any atom is 0.137 e. The molecular weight excluding hydrogens is 398 g/mol. The van der Waals surface area contributed by atoms with Crippen LogP contribution in [-0.4, -0.2) is 12.2 Å². The number of aromatic hydroxyl groups is 1. The van der Waals surface area contributed by atoms with Gasteiger partial charge in [0.15, 0.2) is 0 Å². The highest BCUT2D eigenvalue weighted by atomic mass is 79.9. The van der Waals surface area contributed by atoms with E-state index in [4.69, 9.17) is 4.74 Å². The highest BCUT2D eigenvalue weighted by Gasteiger charge is 2.11. The lowest BCUT2D eigenvalue weighted by molar-refractivity contribution is 0.403. The van der Waals surface area contributed by atoms with E-state index in [0.29, 0.717) is 6.54 Å². The van der Waals surface area contributed by atoms with Gasteiger partial charge in [0.1, 0.15) is 11.5 Å². The van der Waals surface area contributed by atoms with Crippen LogP contribution in [0.1, 0.15) is 24.1 Å². The van der Waals surface area contributed by atoms with E-state index in [0.717, 1.165) is 25.8 Å². The summed E-state index contributed by atoms with van der Waals surface area (Å²) in [5.41, 5.74) is 2.11. The van der Waals surface area contributed by atoms with Crippen molar-refractivity contribution in [1.82, 2.24) is 5.32 Å². The molecule has 0 aliphatic rings. The molecule has 0 amide bonds. The van der Waals surface area contributed by atoms with Crippen molar-refractivity contribution in [3.63, 3.8) is 0 Å². The van der Waals surface area contributed by atoms with Crippen LogP contribution in [0.15, 0.2) is 45.3 Å². The van der Waals surface area contributed by atoms with Gasteiger partial charge in [0.05, 0.1) is 11.6 Å². The molecule has 112 valence electrons. The van der Waals surface area contributed by atoms with Gasteiger partial charge in [-0.1, -0.05) is 28.1 Å². The molecule has 0 aliphatic carbocycles. The van der Waals surface area contributed by atoms with Gasteiger partial charge in [0.2, 0.25) is 0 Å². The van der Waals surface area contributed by atoms with Gasteiger partial charge in [-0.3, -0.25) is 0 Å². The van der Waals surface area contributed by atoms with Crippen LogP contribution < -0.4 is 10.1 Å². The second kappa shape index (κ2) is 7.29. The van der Waals surface area contributed by atoms with E-state index < -0.39 is 0 Å². The van der Waals surface area contributed by atoms with Crippen LogP contribution in [0, 0.1) is 0 Å². The molecule has 2 aromatic rings. The van der Waals surface area contributed by atoms with E-state index in [1.807, 2.05) is 24.3 Å². The number of phenols is 1. The van der Waals surface area contributed by atoms with Crippen molar-refractivity contribution in [2.75, 3.05) is 7.11 Å². The zero-order chi connectivity index (χ0) is 15.4. The molecule has 0 spiro atoms. The van der Waals surface area contributed by atoms with Gasteiger partial charge in [-0.25, -0.2) is 0 Å². The van der Waals surface area contributed by atoms with Crippen LogP contribution in [0.4, 0.5) is 0 Å². The van der Waals surface area contributed by atoms with E-state index in [2.05, 4.69) is 44.1 Å². The molecule has 21 heavy (non-hydrogen) atoms. The molecule has 2 rings (SSSR count). The maximum absolute atomic E-state index is 9.54. The van der Waals surface area contributed by atoms with Crippen molar-refractivity contribution in [3.8, 4) is 11.5 Å². The second-order valence-corrected chi connectivity index (χ2v) is 6.55. The zero-order valence-corrected chi connectivity index (χ0v) is 15.0. The Morgan fingerprint density at radius 1 is 1.24 bits per heavy atom. The van der Waals surface area contributed by atoms with E-state index in [1.54, 1.807) is 19.2 Å². The Morgan fingerprint density at radius 3 is 2.67 bits per heavy atom. The molecule has 0 radical (unpaired) electrons. The normalized spacial score (nSPS) is 12.2. The SMILES string of the molecule is COc1c(Br)cc(Br)cc1CNC(C)c1cccc(O)c1. The summed E-state index contributed by atoms with van der Waals surface area (Å²) in [6.45, 7) is 2.73. The molecule has 2 aromatic carbocycles. The van der Waals surface area contributed by atoms with Gasteiger partial charge in [0, 0.05) is 22.6 Å². The molecule has 0 saturated carbocycles. The molecule has 5 heteroatoms. The third-order valence-corrected chi connectivity index (χ3v) is 4.31. The summed E-state index contributed by atoms with van der Waals surface area (Å²) < 4.78 is 7.36. The first-order valence-corrected chi connectivity index (χ1v) is 8.14. The number of phenolic OH excluding ortho intramolecular Hbond substituents is 1. The Kier molecular flexibility index (Phi) is 5.67. The number of rotatable bonds is 5. The summed E-state index contributed by atoms with van der Waals surface area (Å²) in [5.74, 6) is 1.11. The molecule has 0 fully saturated rings. The van der Waals surface area contributed by atoms with Gasteiger partial charge in [-0.2, -0.15) is 0 Å². The van der Waals surface area contributed by atoms with Crippen molar-refractivity contribution in [2.45, 2.75) is 19.5 Å². The van der Waals surface area contributed by atoms with E-state index in [1.165, 1.54) is 0 Å². The first-order valence-electron chi connectivity index (χ1n) is 6.55. The Hall–Kier alpha value is -1.04. The highest BCUT2D eigenvalue weighted by Crippen LogP contribution is 2.33. The Labute approximate surface area is 141 Å². The predicted molar refractivity (Wildman–Crippen MR) is 91.8 cm³/mol. The first kappa shape index (κ1) is 16.3. The third-order valence-electron chi connectivity index (χ3n) is 3.26. The van der Waals surface area contributed by atoms with Crippen LogP contribution in [0.25, 0.3) is 0 Å². The monoisotopic (exact) mass is 413 g/mol. The van der Waals surface area contributed by atoms with Crippen molar-refractivity contribution >= 4 is 31.9 Å². The summed E-state index contributed by atoms with van der Waals surface area (Å²) >= 11 is 7.00.